The molecule has 1 N–H and O–H groups in total. The minimum Gasteiger partial charge on any atom is -0.453 e. The lowest BCUT2D eigenvalue weighted by Gasteiger charge is -2.40. The maximum Gasteiger partial charge on any atom is 0.407 e. The quantitative estimate of drug-likeness (QED) is 0.866. The number of hydrogen-bond acceptors (Lipinski definition) is 3. The smallest absolute Gasteiger partial charge is 0.407 e. The minimum absolute atomic E-state index is 0.0469. The van der Waals surface area contributed by atoms with Crippen molar-refractivity contribution in [2.45, 2.75) is 65.1 Å². The Labute approximate surface area is 127 Å². The molecular formula is C16H28N2O3. The van der Waals surface area contributed by atoms with Crippen LogP contribution in [0.25, 0.3) is 0 Å². The molecule has 2 amide bonds. The molecule has 1 aliphatic heterocycles. The van der Waals surface area contributed by atoms with Gasteiger partial charge in [0.15, 0.2) is 0 Å². The van der Waals surface area contributed by atoms with Crippen molar-refractivity contribution >= 4 is 12.0 Å². The standard InChI is InChI=1S/C16H28N2O3/c1-6-13-12-8-11(7-10(12)4)18(13)15(19)14(9(2)3)17-16(20)21-5/h9-14H,6-8H2,1-5H3,(H,17,20)/t10-,11+,12+,13+,14-/m0/s1. The van der Waals surface area contributed by atoms with Crippen LogP contribution < -0.4 is 5.32 Å². The summed E-state index contributed by atoms with van der Waals surface area (Å²) in [5.41, 5.74) is 0. The fourth-order valence-electron chi connectivity index (χ4n) is 4.19. The number of alkyl carbamates (subject to hydrolysis) is 1. The summed E-state index contributed by atoms with van der Waals surface area (Å²) in [6.07, 6.45) is 2.66. The van der Waals surface area contributed by atoms with Crippen LogP contribution in [-0.2, 0) is 9.53 Å². The number of fused-ring (bicyclic) bond motifs is 2. The fourth-order valence-corrected chi connectivity index (χ4v) is 4.19. The van der Waals surface area contributed by atoms with E-state index in [0.717, 1.165) is 19.3 Å². The Kier molecular flexibility index (Phi) is 4.79. The number of nitrogens with zero attached hydrogens (tertiary/aromatic N) is 1. The third-order valence-corrected chi connectivity index (χ3v) is 5.23. The molecule has 1 heterocycles. The highest BCUT2D eigenvalue weighted by atomic mass is 16.5. The Morgan fingerprint density at radius 1 is 1.33 bits per heavy atom. The number of ether oxygens (including phenoxy) is 1. The van der Waals surface area contributed by atoms with E-state index >= 15 is 0 Å². The maximum absolute atomic E-state index is 13.0. The van der Waals surface area contributed by atoms with Gasteiger partial charge >= 0.3 is 6.09 Å². The van der Waals surface area contributed by atoms with Crippen molar-refractivity contribution in [1.82, 2.24) is 10.2 Å². The Morgan fingerprint density at radius 3 is 2.52 bits per heavy atom. The summed E-state index contributed by atoms with van der Waals surface area (Å²) in [4.78, 5) is 26.5. The number of methoxy groups -OCH3 is 1. The lowest BCUT2D eigenvalue weighted by Crippen LogP contribution is -2.56. The van der Waals surface area contributed by atoms with Crippen molar-refractivity contribution in [3.05, 3.63) is 0 Å². The number of rotatable bonds is 4. The summed E-state index contributed by atoms with van der Waals surface area (Å²) in [5, 5.41) is 2.71. The largest absolute Gasteiger partial charge is 0.453 e. The van der Waals surface area contributed by atoms with E-state index in [4.69, 9.17) is 0 Å². The van der Waals surface area contributed by atoms with Crippen LogP contribution in [-0.4, -0.2) is 42.1 Å². The first-order chi connectivity index (χ1) is 9.90. The molecule has 2 aliphatic rings. The van der Waals surface area contributed by atoms with Crippen LogP contribution in [0.2, 0.25) is 0 Å². The molecule has 1 saturated heterocycles. The number of nitrogens with one attached hydrogen (secondary N) is 1. The maximum atomic E-state index is 13.0. The van der Waals surface area contributed by atoms with Gasteiger partial charge < -0.3 is 15.0 Å². The monoisotopic (exact) mass is 296 g/mol. The first-order valence-electron chi connectivity index (χ1n) is 8.07. The van der Waals surface area contributed by atoms with Gasteiger partial charge in [-0.05, 0) is 37.0 Å². The molecule has 0 aromatic carbocycles. The van der Waals surface area contributed by atoms with Gasteiger partial charge in [0.1, 0.15) is 6.04 Å². The average Bonchev–Trinajstić information content (AvgIpc) is 2.99. The molecule has 0 aromatic heterocycles. The number of hydrogen-bond donors (Lipinski definition) is 1. The molecule has 2 bridgehead atoms. The summed E-state index contributed by atoms with van der Waals surface area (Å²) >= 11 is 0. The van der Waals surface area contributed by atoms with Crippen LogP contribution >= 0.6 is 0 Å². The Hall–Kier alpha value is -1.26. The Balaban J connectivity index is 2.15. The predicted octanol–water partition coefficient (Wildman–Crippen LogP) is 2.40. The zero-order valence-electron chi connectivity index (χ0n) is 13.8. The van der Waals surface area contributed by atoms with Gasteiger partial charge in [-0.2, -0.15) is 0 Å². The highest BCUT2D eigenvalue weighted by Gasteiger charge is 2.51. The summed E-state index contributed by atoms with van der Waals surface area (Å²) in [6.45, 7) is 8.35. The minimum atomic E-state index is -0.534. The molecule has 5 nitrogen and oxygen atoms in total. The molecule has 0 spiro atoms. The van der Waals surface area contributed by atoms with Gasteiger partial charge in [-0.25, -0.2) is 4.79 Å². The van der Waals surface area contributed by atoms with E-state index in [1.54, 1.807) is 0 Å². The molecule has 21 heavy (non-hydrogen) atoms. The molecule has 0 unspecified atom stereocenters. The third kappa shape index (κ3) is 2.87. The van der Waals surface area contributed by atoms with Crippen LogP contribution in [0.5, 0.6) is 0 Å². The SMILES string of the molecule is CC[C@@H]1[C@@H]2C[C@@H](C[C@@H]2C)N1C(=O)[C@@H](NC(=O)OC)C(C)C. The van der Waals surface area contributed by atoms with E-state index in [9.17, 15) is 9.59 Å². The van der Waals surface area contributed by atoms with E-state index in [1.165, 1.54) is 7.11 Å². The summed E-state index contributed by atoms with van der Waals surface area (Å²) in [6, 6.07) is 0.177. The van der Waals surface area contributed by atoms with Gasteiger partial charge in [0, 0.05) is 12.1 Å². The van der Waals surface area contributed by atoms with Crippen LogP contribution in [0.4, 0.5) is 4.79 Å². The zero-order chi connectivity index (χ0) is 15.7. The van der Waals surface area contributed by atoms with Gasteiger partial charge in [0.05, 0.1) is 7.11 Å². The molecular weight excluding hydrogens is 268 g/mol. The second-order valence-corrected chi connectivity index (χ2v) is 6.85. The van der Waals surface area contributed by atoms with Crippen molar-refractivity contribution in [2.75, 3.05) is 7.11 Å². The lowest BCUT2D eigenvalue weighted by atomic mass is 9.87. The topological polar surface area (TPSA) is 58.6 Å². The molecule has 5 atom stereocenters. The van der Waals surface area contributed by atoms with E-state index in [0.29, 0.717) is 23.9 Å². The highest BCUT2D eigenvalue weighted by Crippen LogP contribution is 2.47. The zero-order valence-corrected chi connectivity index (χ0v) is 13.8. The van der Waals surface area contributed by atoms with Crippen molar-refractivity contribution in [2.24, 2.45) is 17.8 Å². The fraction of sp³-hybridized carbons (Fsp3) is 0.875. The number of carbonyl (C=O) groups is 2. The van der Waals surface area contributed by atoms with Gasteiger partial charge in [0.2, 0.25) is 5.91 Å². The van der Waals surface area contributed by atoms with Crippen molar-refractivity contribution < 1.29 is 14.3 Å². The van der Waals surface area contributed by atoms with Crippen molar-refractivity contribution in [1.29, 1.82) is 0 Å². The van der Waals surface area contributed by atoms with E-state index in [-0.39, 0.29) is 11.8 Å². The average molecular weight is 296 g/mol. The first-order valence-corrected chi connectivity index (χ1v) is 8.07. The lowest BCUT2D eigenvalue weighted by molar-refractivity contribution is -0.139. The number of amides is 2. The molecule has 1 aliphatic carbocycles. The molecule has 0 aromatic rings. The second kappa shape index (κ2) is 6.24. The van der Waals surface area contributed by atoms with E-state index in [2.05, 4.69) is 28.8 Å². The third-order valence-electron chi connectivity index (χ3n) is 5.23. The van der Waals surface area contributed by atoms with Crippen LogP contribution in [0.15, 0.2) is 0 Å². The molecule has 120 valence electrons. The second-order valence-electron chi connectivity index (χ2n) is 6.85. The highest BCUT2D eigenvalue weighted by molar-refractivity contribution is 5.86. The van der Waals surface area contributed by atoms with E-state index in [1.807, 2.05) is 13.8 Å². The number of carbonyl (C=O) groups excluding carboxylic acids is 2. The van der Waals surface area contributed by atoms with Gasteiger partial charge in [-0.15, -0.1) is 0 Å². The predicted molar refractivity (Wildman–Crippen MR) is 80.8 cm³/mol. The van der Waals surface area contributed by atoms with Crippen LogP contribution in [0.1, 0.15) is 47.0 Å². The number of piperidine rings is 1. The van der Waals surface area contributed by atoms with Gasteiger partial charge in [-0.1, -0.05) is 27.7 Å². The van der Waals surface area contributed by atoms with Crippen LogP contribution in [0, 0.1) is 17.8 Å². The van der Waals surface area contributed by atoms with Gasteiger partial charge in [-0.3, -0.25) is 4.79 Å². The van der Waals surface area contributed by atoms with E-state index < -0.39 is 12.1 Å². The molecule has 1 saturated carbocycles. The first kappa shape index (κ1) is 16.1. The van der Waals surface area contributed by atoms with Crippen molar-refractivity contribution in [3.63, 3.8) is 0 Å². The normalized spacial score (nSPS) is 32.4. The summed E-state index contributed by atoms with van der Waals surface area (Å²) in [5.74, 6) is 1.43. The molecule has 2 fully saturated rings. The molecule has 5 heteroatoms. The summed E-state index contributed by atoms with van der Waals surface area (Å²) in [7, 11) is 1.32. The van der Waals surface area contributed by atoms with Crippen LogP contribution in [0.3, 0.4) is 0 Å². The molecule has 0 radical (unpaired) electrons. The molecule has 2 rings (SSSR count). The van der Waals surface area contributed by atoms with Crippen molar-refractivity contribution in [3.8, 4) is 0 Å². The number of likely N-dealkylation sites (tertiary alicyclic amines) is 1. The Bertz CT molecular complexity index is 410. The summed E-state index contributed by atoms with van der Waals surface area (Å²) < 4.78 is 4.66. The van der Waals surface area contributed by atoms with Gasteiger partial charge in [0.25, 0.3) is 0 Å². The Morgan fingerprint density at radius 2 is 2.00 bits per heavy atom.